The number of esters is 2. The minimum absolute atomic E-state index is 0.0154. The molecule has 3 N–H and O–H groups in total. The molecular formula is C57H77F2N7O12. The second-order valence-corrected chi connectivity index (χ2v) is 22.1. The second kappa shape index (κ2) is 24.3. The van der Waals surface area contributed by atoms with Crippen molar-refractivity contribution < 1.29 is 71.6 Å². The molecule has 8 atom stereocenters. The van der Waals surface area contributed by atoms with Crippen LogP contribution in [0.15, 0.2) is 36.4 Å². The Morgan fingerprint density at radius 3 is 1.51 bits per heavy atom. The predicted molar refractivity (Wildman–Crippen MR) is 287 cm³/mol. The lowest BCUT2D eigenvalue weighted by atomic mass is 9.93. The number of rotatable bonds is 18. The van der Waals surface area contributed by atoms with Crippen LogP contribution in [0.1, 0.15) is 132 Å². The summed E-state index contributed by atoms with van der Waals surface area (Å²) in [6.45, 7) is 17.9. The predicted octanol–water partition coefficient (Wildman–Crippen LogP) is 8.14. The first-order valence-electron chi connectivity index (χ1n) is 28.3. The minimum atomic E-state index is -2.75. The van der Waals surface area contributed by atoms with Crippen molar-refractivity contribution in [2.24, 2.45) is 5.92 Å². The topological polar surface area (TPSA) is 230 Å². The molecule has 4 aromatic rings. The zero-order valence-electron chi connectivity index (χ0n) is 51.0. The van der Waals surface area contributed by atoms with Crippen LogP contribution in [0.5, 0.6) is 0 Å². The zero-order valence-corrected chi connectivity index (χ0v) is 47.0. The van der Waals surface area contributed by atoms with Gasteiger partial charge in [-0.05, 0) is 129 Å². The van der Waals surface area contributed by atoms with Gasteiger partial charge in [-0.3, -0.25) is 33.7 Å². The summed E-state index contributed by atoms with van der Waals surface area (Å²) in [4.78, 5) is 119. The van der Waals surface area contributed by atoms with Gasteiger partial charge in [-0.15, -0.1) is 0 Å². The number of nitrogens with one attached hydrogen (secondary N) is 3. The molecule has 0 aliphatic carbocycles. The third-order valence-corrected chi connectivity index (χ3v) is 13.8. The van der Waals surface area contributed by atoms with Crippen LogP contribution in [0.2, 0.25) is 0 Å². The largest absolute Gasteiger partial charge is 0.461 e. The lowest BCUT2D eigenvalue weighted by Gasteiger charge is -2.31. The van der Waals surface area contributed by atoms with Crippen molar-refractivity contribution in [3.63, 3.8) is 0 Å². The number of ketones is 1. The average molecular weight is 1090 g/mol. The van der Waals surface area contributed by atoms with E-state index in [0.717, 1.165) is 52.8 Å². The highest BCUT2D eigenvalue weighted by molar-refractivity contribution is 5.97. The first-order valence-corrected chi connectivity index (χ1v) is 26.3. The molecule has 426 valence electrons. The Morgan fingerprint density at radius 1 is 0.692 bits per heavy atom. The number of likely N-dealkylation sites (tertiary alicyclic amines) is 2. The van der Waals surface area contributed by atoms with Gasteiger partial charge in [0.05, 0.1) is 30.5 Å². The number of halogens is 2. The molecule has 2 aromatic carbocycles. The molecule has 5 amide bonds. The quantitative estimate of drug-likeness (QED) is 0.0634. The Balaban J connectivity index is 1.48. The number of aromatic amines is 2. The van der Waals surface area contributed by atoms with Crippen LogP contribution in [0.4, 0.5) is 18.4 Å². The van der Waals surface area contributed by atoms with E-state index in [-0.39, 0.29) is 89.5 Å². The maximum absolute atomic E-state index is 15.4. The van der Waals surface area contributed by atoms with Crippen molar-refractivity contribution >= 4 is 69.4 Å². The van der Waals surface area contributed by atoms with E-state index in [2.05, 4.69) is 15.3 Å². The molecule has 19 nitrogen and oxygen atoms in total. The van der Waals surface area contributed by atoms with Crippen molar-refractivity contribution in [2.75, 3.05) is 27.2 Å². The fraction of sp³-hybridized carbons (Fsp3) is 0.579. The molecule has 6 rings (SSSR count). The minimum Gasteiger partial charge on any atom is -0.461 e. The van der Waals surface area contributed by atoms with Gasteiger partial charge in [0.25, 0.3) is 0 Å². The van der Waals surface area contributed by atoms with E-state index in [1.165, 1.54) is 45.0 Å². The lowest BCUT2D eigenvalue weighted by Crippen LogP contribution is -2.55. The monoisotopic (exact) mass is 1090 g/mol. The van der Waals surface area contributed by atoms with E-state index in [4.69, 9.17) is 18.9 Å². The molecule has 0 saturated carbocycles. The van der Waals surface area contributed by atoms with Gasteiger partial charge in [-0.2, -0.15) is 0 Å². The van der Waals surface area contributed by atoms with Gasteiger partial charge in [0.15, 0.2) is 5.78 Å². The van der Waals surface area contributed by atoms with E-state index >= 15 is 8.78 Å². The number of Topliss-reactive ketones (excluding diaryl/α,β-unsaturated/α-hetero) is 1. The first kappa shape index (κ1) is 54.3. The maximum Gasteiger partial charge on any atom is 0.410 e. The Kier molecular flexibility index (Phi) is 16.9. The number of benzene rings is 2. The van der Waals surface area contributed by atoms with Crippen LogP contribution < -0.4 is 5.32 Å². The van der Waals surface area contributed by atoms with E-state index < -0.39 is 132 Å². The number of carbonyl (C=O) groups excluding carboxylic acids is 8. The summed E-state index contributed by atoms with van der Waals surface area (Å²) in [5, 5.41) is 2.85. The maximum atomic E-state index is 15.4. The van der Waals surface area contributed by atoms with Crippen LogP contribution in [0, 0.1) is 17.6 Å². The number of carbonyl (C=O) groups is 8. The van der Waals surface area contributed by atoms with E-state index in [0.29, 0.717) is 0 Å². The SMILES string of the molecule is [2H]C([2H])(c1c(-c2[nH]c3cc(F)ccc3c2C([2H])([2H])[C@@H]2C[C@H](OC(C)=O)CN2C(=O)[C@H](CC)NC(=O)[C@H](C)N(C)C(=O)OC(C)(C)C)[nH]c2cc(F)ccc12)[C@@H]1C[C@H](OC(C)=O)CN1C(=O)[C@H](CC)CC(=O)[C@H](C)N(C)C(=O)OC(C)(C)C. The molecular weight excluding hydrogens is 1010 g/mol. The fourth-order valence-electron chi connectivity index (χ4n) is 9.60. The summed E-state index contributed by atoms with van der Waals surface area (Å²) in [6.07, 6.45) is -10.0. The van der Waals surface area contributed by atoms with E-state index in [9.17, 15) is 43.8 Å². The highest BCUT2D eigenvalue weighted by Gasteiger charge is 2.43. The number of ether oxygens (including phenoxy) is 4. The molecule has 2 fully saturated rings. The van der Waals surface area contributed by atoms with Crippen LogP contribution in [-0.4, -0.2) is 158 Å². The average Bonchev–Trinajstić information content (AvgIpc) is 4.37. The highest BCUT2D eigenvalue weighted by atomic mass is 19.1. The number of hydrogen-bond donors (Lipinski definition) is 3. The summed E-state index contributed by atoms with van der Waals surface area (Å²) in [7, 11) is 2.75. The van der Waals surface area contributed by atoms with Crippen LogP contribution in [0.3, 0.4) is 0 Å². The molecule has 0 radical (unpaired) electrons. The van der Waals surface area contributed by atoms with Gasteiger partial charge in [0.2, 0.25) is 17.7 Å². The number of amides is 5. The molecule has 0 bridgehead atoms. The van der Waals surface area contributed by atoms with Gasteiger partial charge in [0.1, 0.15) is 47.1 Å². The normalized spacial score (nSPS) is 20.4. The van der Waals surface area contributed by atoms with Gasteiger partial charge in [-0.1, -0.05) is 13.8 Å². The Morgan fingerprint density at radius 2 is 1.12 bits per heavy atom. The van der Waals surface area contributed by atoms with Crippen molar-refractivity contribution in [1.29, 1.82) is 0 Å². The molecule has 2 aromatic heterocycles. The third-order valence-electron chi connectivity index (χ3n) is 13.8. The number of nitrogens with zero attached hydrogens (tertiary/aromatic N) is 4. The van der Waals surface area contributed by atoms with Gasteiger partial charge >= 0.3 is 24.1 Å². The number of H-pyrrole nitrogens is 2. The molecule has 21 heteroatoms. The standard InChI is InChI=1S/C57H77F2N7O12/c1-15-34(21-48(69)30(3)63(13)54(73)77-56(7,8)9)52(71)65-28-39(75-32(5)67)24-37(65)26-43-41-19-17-35(58)22-46(41)60-49(43)50-44(42-20-18-36(59)23-47(42)61-50)27-38-25-40(76-33(6)68)29-66(38)53(72)45(16-2)62-51(70)31(4)64(14)55(74)78-57(10,11)12/h17-20,22-23,30-31,34,37-40,45,60-61H,15-16,21,24-29H2,1-14H3,(H,62,70)/t30-,31-,34+,37-,38-,39-,40-,45-/m0/s1/i26D2,27D2. The smallest absolute Gasteiger partial charge is 0.410 e. The highest BCUT2D eigenvalue weighted by Crippen LogP contribution is 2.41. The number of aromatic nitrogens is 2. The van der Waals surface area contributed by atoms with Gasteiger partial charge < -0.3 is 48.9 Å². The second-order valence-electron chi connectivity index (χ2n) is 22.1. The molecule has 0 spiro atoms. The number of hydrogen-bond acceptors (Lipinski definition) is 12. The Bertz CT molecular complexity index is 2920. The Labute approximate surface area is 460 Å². The summed E-state index contributed by atoms with van der Waals surface area (Å²) < 4.78 is 93.7. The fourth-order valence-corrected chi connectivity index (χ4v) is 9.60. The van der Waals surface area contributed by atoms with Crippen LogP contribution in [0.25, 0.3) is 33.2 Å². The summed E-state index contributed by atoms with van der Waals surface area (Å²) in [5.41, 5.74) is -2.48. The summed E-state index contributed by atoms with van der Waals surface area (Å²) in [5.74, 6) is -6.67. The molecule has 0 unspecified atom stereocenters. The van der Waals surface area contributed by atoms with Crippen LogP contribution in [-0.2, 0) is 60.5 Å². The van der Waals surface area contributed by atoms with Crippen molar-refractivity contribution in [1.82, 2.24) is 34.9 Å². The lowest BCUT2D eigenvalue weighted by molar-refractivity contribution is -0.147. The number of likely N-dealkylation sites (N-methyl/N-ethyl adjacent to an activating group) is 2. The van der Waals surface area contributed by atoms with Gasteiger partial charge in [0, 0.05) is 92.5 Å². The van der Waals surface area contributed by atoms with Crippen LogP contribution >= 0.6 is 0 Å². The Hall–Kier alpha value is -7.06. The molecule has 78 heavy (non-hydrogen) atoms. The molecule has 4 heterocycles. The van der Waals surface area contributed by atoms with Crippen molar-refractivity contribution in [3.05, 3.63) is 59.2 Å². The van der Waals surface area contributed by atoms with Crippen molar-refractivity contribution in [2.45, 2.75) is 182 Å². The van der Waals surface area contributed by atoms with E-state index in [1.807, 2.05) is 0 Å². The molecule has 2 aliphatic rings. The first-order chi connectivity index (χ1) is 37.9. The van der Waals surface area contributed by atoms with E-state index in [1.54, 1.807) is 55.4 Å². The summed E-state index contributed by atoms with van der Waals surface area (Å²) >= 11 is 0. The van der Waals surface area contributed by atoms with Gasteiger partial charge in [-0.25, -0.2) is 18.4 Å². The third kappa shape index (κ3) is 14.3. The van der Waals surface area contributed by atoms with Crippen molar-refractivity contribution in [3.8, 4) is 11.4 Å². The zero-order chi connectivity index (χ0) is 61.5. The molecule has 2 saturated heterocycles. The summed E-state index contributed by atoms with van der Waals surface area (Å²) in [6, 6.07) is 0.465. The molecule has 2 aliphatic heterocycles. The number of fused-ring (bicyclic) bond motifs is 2.